The van der Waals surface area contributed by atoms with E-state index < -0.39 is 16.1 Å². The molecule has 3 N–H and O–H groups in total. The molecule has 4 rings (SSSR count). The molecule has 1 aliphatic heterocycles. The maximum absolute atomic E-state index is 13.3. The number of para-hydroxylation sites is 1. The molecular formula is C19H16ClN3O3S. The monoisotopic (exact) mass is 401 g/mol. The summed E-state index contributed by atoms with van der Waals surface area (Å²) < 4.78 is 25.5. The SMILES string of the molecule is NS(=O)(=O)c1cc(C(=O)C2Nc3ccccc3Cn3cccc32)ccc1Cl. The second-order valence-electron chi connectivity index (χ2n) is 6.35. The number of benzene rings is 2. The topological polar surface area (TPSA) is 94.2 Å². The first-order valence-corrected chi connectivity index (χ1v) is 10.1. The van der Waals surface area contributed by atoms with Crippen LogP contribution in [-0.4, -0.2) is 18.8 Å². The van der Waals surface area contributed by atoms with E-state index in [0.717, 1.165) is 16.9 Å². The molecule has 2 aromatic carbocycles. The quantitative estimate of drug-likeness (QED) is 0.659. The van der Waals surface area contributed by atoms with Gasteiger partial charge in [0.2, 0.25) is 10.0 Å². The van der Waals surface area contributed by atoms with Crippen LogP contribution in [-0.2, 0) is 16.6 Å². The molecule has 3 aromatic rings. The summed E-state index contributed by atoms with van der Waals surface area (Å²) in [5.41, 5.74) is 2.93. The van der Waals surface area contributed by atoms with Gasteiger partial charge in [0, 0.05) is 29.7 Å². The summed E-state index contributed by atoms with van der Waals surface area (Å²) in [6.07, 6.45) is 1.91. The molecule has 0 aliphatic carbocycles. The van der Waals surface area contributed by atoms with Gasteiger partial charge in [0.25, 0.3) is 0 Å². The second kappa shape index (κ2) is 6.53. The molecule has 1 unspecified atom stereocenters. The number of rotatable bonds is 3. The molecule has 1 atom stereocenters. The zero-order chi connectivity index (χ0) is 19.2. The lowest BCUT2D eigenvalue weighted by Gasteiger charge is -2.18. The highest BCUT2D eigenvalue weighted by atomic mass is 35.5. The molecule has 0 amide bonds. The smallest absolute Gasteiger partial charge is 0.239 e. The number of aromatic nitrogens is 1. The highest BCUT2D eigenvalue weighted by Gasteiger charge is 2.29. The molecule has 2 heterocycles. The van der Waals surface area contributed by atoms with Crippen molar-refractivity contribution in [3.63, 3.8) is 0 Å². The number of nitrogens with one attached hydrogen (secondary N) is 1. The number of carbonyl (C=O) groups excluding carboxylic acids is 1. The third-order valence-corrected chi connectivity index (χ3v) is 6.00. The van der Waals surface area contributed by atoms with Gasteiger partial charge in [-0.05, 0) is 42.0 Å². The van der Waals surface area contributed by atoms with Crippen LogP contribution in [0, 0.1) is 0 Å². The summed E-state index contributed by atoms with van der Waals surface area (Å²) in [6.45, 7) is 0.637. The van der Waals surface area contributed by atoms with E-state index in [1.165, 1.54) is 18.2 Å². The van der Waals surface area contributed by atoms with E-state index in [9.17, 15) is 13.2 Å². The average Bonchev–Trinajstić information content (AvgIpc) is 3.01. The lowest BCUT2D eigenvalue weighted by molar-refractivity contribution is 0.0967. The first-order valence-electron chi connectivity index (χ1n) is 8.20. The van der Waals surface area contributed by atoms with Gasteiger partial charge in [-0.25, -0.2) is 13.6 Å². The molecule has 0 spiro atoms. The number of halogens is 1. The maximum Gasteiger partial charge on any atom is 0.239 e. The molecule has 0 radical (unpaired) electrons. The predicted molar refractivity (Wildman–Crippen MR) is 103 cm³/mol. The number of hydrogen-bond acceptors (Lipinski definition) is 4. The normalized spacial score (nSPS) is 16.0. The fourth-order valence-electron chi connectivity index (χ4n) is 3.29. The Kier molecular flexibility index (Phi) is 4.30. The Labute approximate surface area is 161 Å². The maximum atomic E-state index is 13.3. The van der Waals surface area contributed by atoms with Crippen molar-refractivity contribution < 1.29 is 13.2 Å². The number of nitrogens with zero attached hydrogens (tertiary/aromatic N) is 1. The Bertz CT molecular complexity index is 1150. The number of primary sulfonamides is 1. The number of fused-ring (bicyclic) bond motifs is 2. The van der Waals surface area contributed by atoms with E-state index in [1.54, 1.807) is 0 Å². The van der Waals surface area contributed by atoms with E-state index in [4.69, 9.17) is 16.7 Å². The number of sulfonamides is 1. The molecular weight excluding hydrogens is 386 g/mol. The van der Waals surface area contributed by atoms with Gasteiger partial charge < -0.3 is 9.88 Å². The van der Waals surface area contributed by atoms with Gasteiger partial charge in [-0.2, -0.15) is 0 Å². The predicted octanol–water partition coefficient (Wildman–Crippen LogP) is 3.19. The number of carbonyl (C=O) groups is 1. The van der Waals surface area contributed by atoms with Gasteiger partial charge in [-0.15, -0.1) is 0 Å². The third kappa shape index (κ3) is 3.25. The number of ketones is 1. The minimum absolute atomic E-state index is 0.0170. The Balaban J connectivity index is 1.80. The van der Waals surface area contributed by atoms with Gasteiger partial charge in [-0.3, -0.25) is 4.79 Å². The minimum Gasteiger partial charge on any atom is -0.370 e. The summed E-state index contributed by atoms with van der Waals surface area (Å²) in [5, 5.41) is 8.48. The second-order valence-corrected chi connectivity index (χ2v) is 8.29. The van der Waals surface area contributed by atoms with Gasteiger partial charge in [0.1, 0.15) is 10.9 Å². The van der Waals surface area contributed by atoms with Crippen molar-refractivity contribution >= 4 is 33.1 Å². The van der Waals surface area contributed by atoms with Crippen molar-refractivity contribution in [3.8, 4) is 0 Å². The van der Waals surface area contributed by atoms with Crippen LogP contribution in [0.3, 0.4) is 0 Å². The number of hydrogen-bond donors (Lipinski definition) is 2. The van der Waals surface area contributed by atoms with Gasteiger partial charge >= 0.3 is 0 Å². The highest BCUT2D eigenvalue weighted by Crippen LogP contribution is 2.32. The molecule has 0 fully saturated rings. The van der Waals surface area contributed by atoms with Crippen LogP contribution < -0.4 is 10.5 Å². The third-order valence-electron chi connectivity index (χ3n) is 4.60. The molecule has 138 valence electrons. The Morgan fingerprint density at radius 3 is 2.70 bits per heavy atom. The molecule has 27 heavy (non-hydrogen) atoms. The van der Waals surface area contributed by atoms with E-state index >= 15 is 0 Å². The Morgan fingerprint density at radius 2 is 1.93 bits per heavy atom. The van der Waals surface area contributed by atoms with Crippen LogP contribution in [0.4, 0.5) is 5.69 Å². The van der Waals surface area contributed by atoms with Gasteiger partial charge in [-0.1, -0.05) is 29.8 Å². The molecule has 8 heteroatoms. The standard InChI is InChI=1S/C19H16ClN3O3S/c20-14-8-7-12(10-17(14)27(21,25)26)19(24)18-16-6-3-9-23(16)11-13-4-1-2-5-15(13)22-18/h1-10,18,22H,11H2,(H2,21,25,26). The number of Topliss-reactive ketones (excluding diaryl/α,β-unsaturated/α-hetero) is 1. The van der Waals surface area contributed by atoms with Crippen LogP contribution in [0.15, 0.2) is 65.7 Å². The van der Waals surface area contributed by atoms with E-state index in [2.05, 4.69) is 5.32 Å². The minimum atomic E-state index is -4.04. The number of nitrogens with two attached hydrogens (primary N) is 1. The average molecular weight is 402 g/mol. The first kappa shape index (κ1) is 17.8. The van der Waals surface area contributed by atoms with Crippen molar-refractivity contribution in [2.75, 3.05) is 5.32 Å². The van der Waals surface area contributed by atoms with E-state index in [-0.39, 0.29) is 21.3 Å². The summed E-state index contributed by atoms with van der Waals surface area (Å²) in [4.78, 5) is 13.0. The lowest BCUT2D eigenvalue weighted by Crippen LogP contribution is -2.23. The van der Waals surface area contributed by atoms with Crippen LogP contribution in [0.25, 0.3) is 0 Å². The molecule has 1 aliphatic rings. The van der Waals surface area contributed by atoms with Crippen molar-refractivity contribution in [1.82, 2.24) is 4.57 Å². The summed E-state index contributed by atoms with van der Waals surface area (Å²) in [7, 11) is -4.04. The zero-order valence-corrected chi connectivity index (χ0v) is 15.7. The van der Waals surface area contributed by atoms with E-state index in [0.29, 0.717) is 6.54 Å². The van der Waals surface area contributed by atoms with Crippen LogP contribution in [0.1, 0.15) is 27.7 Å². The molecule has 0 saturated carbocycles. The van der Waals surface area contributed by atoms with Crippen molar-refractivity contribution in [1.29, 1.82) is 0 Å². The first-order chi connectivity index (χ1) is 12.8. The Hall–Kier alpha value is -2.61. The van der Waals surface area contributed by atoms with Crippen molar-refractivity contribution in [2.24, 2.45) is 5.14 Å². The summed E-state index contributed by atoms with van der Waals surface area (Å²) in [6, 6.07) is 15.0. The van der Waals surface area contributed by atoms with E-state index in [1.807, 2.05) is 47.2 Å². The molecule has 0 bridgehead atoms. The zero-order valence-electron chi connectivity index (χ0n) is 14.1. The fourth-order valence-corrected chi connectivity index (χ4v) is 4.36. The molecule has 1 aromatic heterocycles. The molecule has 6 nitrogen and oxygen atoms in total. The van der Waals surface area contributed by atoms with Crippen molar-refractivity contribution in [3.05, 3.63) is 82.6 Å². The van der Waals surface area contributed by atoms with Gasteiger partial charge in [0.15, 0.2) is 5.78 Å². The largest absolute Gasteiger partial charge is 0.370 e. The van der Waals surface area contributed by atoms with Gasteiger partial charge in [0.05, 0.1) is 5.02 Å². The fraction of sp³-hybridized carbons (Fsp3) is 0.105. The number of anilines is 1. The van der Waals surface area contributed by atoms with Crippen LogP contribution in [0.2, 0.25) is 5.02 Å². The Morgan fingerprint density at radius 1 is 1.15 bits per heavy atom. The summed E-state index contributed by atoms with van der Waals surface area (Å²) in [5.74, 6) is -0.270. The molecule has 0 saturated heterocycles. The van der Waals surface area contributed by atoms with Crippen LogP contribution in [0.5, 0.6) is 0 Å². The van der Waals surface area contributed by atoms with Crippen LogP contribution >= 0.6 is 11.6 Å². The highest BCUT2D eigenvalue weighted by molar-refractivity contribution is 7.89. The lowest BCUT2D eigenvalue weighted by atomic mass is 10.0. The summed E-state index contributed by atoms with van der Waals surface area (Å²) >= 11 is 5.94. The van der Waals surface area contributed by atoms with Crippen molar-refractivity contribution in [2.45, 2.75) is 17.5 Å².